The van der Waals surface area contributed by atoms with Crippen molar-refractivity contribution >= 4 is 18.5 Å². The van der Waals surface area contributed by atoms with Crippen molar-refractivity contribution in [3.8, 4) is 17.2 Å². The molecule has 3 rings (SSSR count). The summed E-state index contributed by atoms with van der Waals surface area (Å²) in [5.41, 5.74) is 4.52. The van der Waals surface area contributed by atoms with Gasteiger partial charge < -0.3 is 14.4 Å². The molecule has 3 aromatic rings. The average molecular weight is 615 g/mol. The molecule has 5 unspecified atom stereocenters. The third kappa shape index (κ3) is 10.8. The highest BCUT2D eigenvalue weighted by atomic mass is 31.0. The number of hydrogen-bond donors (Lipinski definition) is 1. The standard InChI is InChI=1S/C34H48O6P2/c1-24(7-5-19-41)21-36-30-13-9-28(10-14-30)23-38-40-33-18-17-32(26(3)27(33)4)34(39-35)29-11-15-31(16-12-29)37-22-25(2)8-6-20-42/h9-18,24-25,34-35H,5-8,19-23,41-42H2,1-4H3. The first-order valence-corrected chi connectivity index (χ1v) is 16.5. The minimum atomic E-state index is -0.636. The molecule has 0 aliphatic heterocycles. The van der Waals surface area contributed by atoms with E-state index >= 15 is 0 Å². The van der Waals surface area contributed by atoms with Gasteiger partial charge in [-0.05, 0) is 122 Å². The molecule has 42 heavy (non-hydrogen) atoms. The molecule has 0 amide bonds. The third-order valence-electron chi connectivity index (χ3n) is 7.52. The van der Waals surface area contributed by atoms with E-state index in [1.54, 1.807) is 0 Å². The molecule has 0 saturated heterocycles. The second-order valence-corrected chi connectivity index (χ2v) is 12.3. The second kappa shape index (κ2) is 18.5. The van der Waals surface area contributed by atoms with Crippen molar-refractivity contribution in [3.63, 3.8) is 0 Å². The lowest BCUT2D eigenvalue weighted by atomic mass is 9.94. The van der Waals surface area contributed by atoms with Gasteiger partial charge in [0.1, 0.15) is 24.2 Å². The fourth-order valence-corrected chi connectivity index (χ4v) is 5.12. The normalized spacial score (nSPS) is 13.4. The highest BCUT2D eigenvalue weighted by Crippen LogP contribution is 2.34. The summed E-state index contributed by atoms with van der Waals surface area (Å²) in [5.74, 6) is 3.32. The summed E-state index contributed by atoms with van der Waals surface area (Å²) in [4.78, 5) is 16.2. The van der Waals surface area contributed by atoms with Gasteiger partial charge in [-0.15, -0.1) is 18.5 Å². The summed E-state index contributed by atoms with van der Waals surface area (Å²) < 4.78 is 11.9. The SMILES string of the molecule is Cc1c(OOCc2ccc(OCC(C)CCCP)cc2)ccc(C(OO)c2ccc(OCC(C)CCCP)cc2)c1C. The number of benzene rings is 3. The molecule has 0 aliphatic rings. The Kier molecular flexibility index (Phi) is 15.1. The van der Waals surface area contributed by atoms with Gasteiger partial charge >= 0.3 is 0 Å². The maximum Gasteiger partial charge on any atom is 0.168 e. The van der Waals surface area contributed by atoms with Gasteiger partial charge in [0, 0.05) is 0 Å². The monoisotopic (exact) mass is 614 g/mol. The van der Waals surface area contributed by atoms with Gasteiger partial charge in [0.25, 0.3) is 0 Å². The zero-order valence-corrected chi connectivity index (χ0v) is 27.8. The molecular formula is C34H48O6P2. The molecule has 6 nitrogen and oxygen atoms in total. The van der Waals surface area contributed by atoms with Crippen LogP contribution in [-0.2, 0) is 16.4 Å². The lowest BCUT2D eigenvalue weighted by molar-refractivity contribution is -0.270. The van der Waals surface area contributed by atoms with E-state index in [0.29, 0.717) is 30.8 Å². The molecule has 0 bridgehead atoms. The van der Waals surface area contributed by atoms with E-state index in [0.717, 1.165) is 64.7 Å². The zero-order valence-electron chi connectivity index (χ0n) is 25.5. The Hall–Kier alpha value is -2.20. The van der Waals surface area contributed by atoms with E-state index in [9.17, 15) is 5.26 Å². The van der Waals surface area contributed by atoms with Gasteiger partial charge in [-0.2, -0.15) is 4.89 Å². The van der Waals surface area contributed by atoms with E-state index in [1.807, 2.05) is 74.5 Å². The van der Waals surface area contributed by atoms with Crippen molar-refractivity contribution in [1.82, 2.24) is 0 Å². The van der Waals surface area contributed by atoms with Crippen LogP contribution in [-0.4, -0.2) is 30.8 Å². The average Bonchev–Trinajstić information content (AvgIpc) is 3.01. The first kappa shape index (κ1) is 34.3. The summed E-state index contributed by atoms with van der Waals surface area (Å²) in [7, 11) is 5.55. The third-order valence-corrected chi connectivity index (χ3v) is 8.34. The Morgan fingerprint density at radius 2 is 1.26 bits per heavy atom. The van der Waals surface area contributed by atoms with Crippen LogP contribution >= 0.6 is 18.5 Å². The van der Waals surface area contributed by atoms with Gasteiger partial charge in [0.15, 0.2) is 5.75 Å². The zero-order chi connectivity index (χ0) is 30.3. The molecule has 0 radical (unpaired) electrons. The van der Waals surface area contributed by atoms with Crippen LogP contribution in [0.4, 0.5) is 0 Å². The van der Waals surface area contributed by atoms with Crippen molar-refractivity contribution in [2.75, 3.05) is 25.5 Å². The Morgan fingerprint density at radius 1 is 0.714 bits per heavy atom. The van der Waals surface area contributed by atoms with Crippen molar-refractivity contribution in [2.45, 2.75) is 66.1 Å². The minimum Gasteiger partial charge on any atom is -0.493 e. The summed E-state index contributed by atoms with van der Waals surface area (Å²) >= 11 is 0. The van der Waals surface area contributed by atoms with Gasteiger partial charge in [-0.25, -0.2) is 4.89 Å². The lowest BCUT2D eigenvalue weighted by Crippen LogP contribution is -2.10. The molecule has 0 heterocycles. The van der Waals surface area contributed by atoms with Crippen molar-refractivity contribution in [2.24, 2.45) is 11.8 Å². The van der Waals surface area contributed by atoms with Crippen LogP contribution in [0.1, 0.15) is 73.5 Å². The lowest BCUT2D eigenvalue weighted by Gasteiger charge is -2.20. The Labute approximate surface area is 256 Å². The van der Waals surface area contributed by atoms with E-state index in [2.05, 4.69) is 32.3 Å². The number of rotatable bonds is 19. The molecule has 0 fully saturated rings. The predicted octanol–water partition coefficient (Wildman–Crippen LogP) is 8.73. The van der Waals surface area contributed by atoms with Crippen LogP contribution in [0.25, 0.3) is 0 Å². The Balaban J connectivity index is 1.54. The van der Waals surface area contributed by atoms with Crippen molar-refractivity contribution < 1.29 is 29.4 Å². The Bertz CT molecular complexity index is 1190. The van der Waals surface area contributed by atoms with Gasteiger partial charge in [-0.3, -0.25) is 5.26 Å². The molecule has 3 aromatic carbocycles. The van der Waals surface area contributed by atoms with Crippen LogP contribution in [0.15, 0.2) is 60.7 Å². The second-order valence-electron chi connectivity index (χ2n) is 11.1. The maximum absolute atomic E-state index is 9.83. The molecule has 0 aliphatic carbocycles. The highest BCUT2D eigenvalue weighted by molar-refractivity contribution is 7.16. The summed E-state index contributed by atoms with van der Waals surface area (Å²) in [6.07, 6.45) is 6.30. The van der Waals surface area contributed by atoms with E-state index in [4.69, 9.17) is 24.1 Å². The fraction of sp³-hybridized carbons (Fsp3) is 0.471. The first-order chi connectivity index (χ1) is 20.4. The van der Waals surface area contributed by atoms with Crippen LogP contribution in [0.3, 0.4) is 0 Å². The number of hydrogen-bond acceptors (Lipinski definition) is 6. The predicted molar refractivity (Wildman–Crippen MR) is 177 cm³/mol. The topological polar surface area (TPSA) is 66.4 Å². The number of ether oxygens (including phenoxy) is 2. The molecule has 8 heteroatoms. The van der Waals surface area contributed by atoms with Gasteiger partial charge in [0.2, 0.25) is 0 Å². The smallest absolute Gasteiger partial charge is 0.168 e. The molecule has 0 saturated carbocycles. The maximum atomic E-state index is 9.83. The minimum absolute atomic E-state index is 0.304. The van der Waals surface area contributed by atoms with E-state index in [1.165, 1.54) is 19.3 Å². The van der Waals surface area contributed by atoms with Crippen LogP contribution in [0.2, 0.25) is 0 Å². The molecule has 0 spiro atoms. The summed E-state index contributed by atoms with van der Waals surface area (Å²) in [6.45, 7) is 10.1. The Morgan fingerprint density at radius 3 is 1.79 bits per heavy atom. The summed E-state index contributed by atoms with van der Waals surface area (Å²) in [6, 6.07) is 19.3. The molecular weight excluding hydrogens is 566 g/mol. The fourth-order valence-electron chi connectivity index (χ4n) is 4.65. The van der Waals surface area contributed by atoms with E-state index < -0.39 is 6.10 Å². The van der Waals surface area contributed by atoms with Crippen molar-refractivity contribution in [3.05, 3.63) is 88.5 Å². The quantitative estimate of drug-likeness (QED) is 0.0828. The van der Waals surface area contributed by atoms with Gasteiger partial charge in [0.05, 0.1) is 13.2 Å². The molecule has 5 atom stereocenters. The van der Waals surface area contributed by atoms with Crippen LogP contribution in [0, 0.1) is 25.7 Å². The largest absolute Gasteiger partial charge is 0.493 e. The van der Waals surface area contributed by atoms with Crippen LogP contribution in [0.5, 0.6) is 17.2 Å². The summed E-state index contributed by atoms with van der Waals surface area (Å²) in [5, 5.41) is 9.83. The van der Waals surface area contributed by atoms with Crippen molar-refractivity contribution in [1.29, 1.82) is 0 Å². The van der Waals surface area contributed by atoms with Gasteiger partial charge in [-0.1, -0.05) is 44.2 Å². The van der Waals surface area contributed by atoms with Crippen LogP contribution < -0.4 is 14.4 Å². The molecule has 0 aromatic heterocycles. The molecule has 1 N–H and O–H groups in total. The van der Waals surface area contributed by atoms with E-state index in [-0.39, 0.29) is 0 Å². The first-order valence-electron chi connectivity index (χ1n) is 14.9. The molecule has 230 valence electrons. The highest BCUT2D eigenvalue weighted by Gasteiger charge is 2.20.